The van der Waals surface area contributed by atoms with Gasteiger partial charge in [0, 0.05) is 10.9 Å². The molecule has 1 aliphatic carbocycles. The topological polar surface area (TPSA) is 28.9 Å². The lowest BCUT2D eigenvalue weighted by atomic mass is 10.1. The molecule has 1 N–H and O–H groups in total. The number of benzene rings is 1. The molecule has 0 amide bonds. The Morgan fingerprint density at radius 2 is 2.00 bits per heavy atom. The van der Waals surface area contributed by atoms with E-state index in [2.05, 4.69) is 23.2 Å². The van der Waals surface area contributed by atoms with Gasteiger partial charge >= 0.3 is 0 Å². The summed E-state index contributed by atoms with van der Waals surface area (Å²) in [6, 6.07) is 8.31. The highest BCUT2D eigenvalue weighted by atomic mass is 16.4. The Hall–Kier alpha value is -1.70. The third-order valence-electron chi connectivity index (χ3n) is 2.53. The van der Waals surface area contributed by atoms with Crippen LogP contribution in [0.25, 0.3) is 21.8 Å². The molecule has 0 bridgehead atoms. The fourth-order valence-corrected chi connectivity index (χ4v) is 1.89. The molecule has 0 saturated heterocycles. The number of nitrogens with one attached hydrogen (secondary N) is 1. The predicted octanol–water partition coefficient (Wildman–Crippen LogP) is 2.51. The molecule has 2 nitrogen and oxygen atoms in total. The van der Waals surface area contributed by atoms with Crippen molar-refractivity contribution in [1.29, 1.82) is 0 Å². The van der Waals surface area contributed by atoms with Gasteiger partial charge in [-0.25, -0.2) is 0 Å². The molecule has 12 heavy (non-hydrogen) atoms. The maximum absolute atomic E-state index is 5.25. The Labute approximate surface area is 67.1 Å². The van der Waals surface area contributed by atoms with Gasteiger partial charge in [0.25, 0.3) is 0 Å². The molecular formula is C10H5NO. The molecule has 2 aromatic rings. The third-order valence-corrected chi connectivity index (χ3v) is 2.53. The van der Waals surface area contributed by atoms with Crippen LogP contribution in [0.3, 0.4) is 0 Å². The van der Waals surface area contributed by atoms with Crippen molar-refractivity contribution in [2.45, 2.75) is 0 Å². The van der Waals surface area contributed by atoms with Gasteiger partial charge in [-0.1, -0.05) is 18.2 Å². The minimum Gasteiger partial charge on any atom is -0.446 e. The summed E-state index contributed by atoms with van der Waals surface area (Å²) in [5.41, 5.74) is 4.56. The van der Waals surface area contributed by atoms with Crippen LogP contribution in [-0.4, -0.2) is 4.98 Å². The van der Waals surface area contributed by atoms with Crippen LogP contribution in [0.2, 0.25) is 0 Å². The molecule has 1 aromatic heterocycles. The van der Waals surface area contributed by atoms with E-state index in [1.807, 2.05) is 6.07 Å². The number of aromatic amines is 1. The van der Waals surface area contributed by atoms with Crippen LogP contribution >= 0.6 is 0 Å². The van der Waals surface area contributed by atoms with E-state index >= 15 is 0 Å². The molecule has 2 heteroatoms. The largest absolute Gasteiger partial charge is 0.446 e. The molecule has 0 atom stereocenters. The summed E-state index contributed by atoms with van der Waals surface area (Å²) in [6.07, 6.45) is 0. The van der Waals surface area contributed by atoms with E-state index in [9.17, 15) is 0 Å². The lowest BCUT2D eigenvalue weighted by molar-refractivity contribution is 0.655. The number of furan rings is 1. The second-order valence-electron chi connectivity index (χ2n) is 3.18. The van der Waals surface area contributed by atoms with E-state index < -0.39 is 0 Å². The average Bonchev–Trinajstić information content (AvgIpc) is 2.70. The molecule has 2 aliphatic rings. The van der Waals surface area contributed by atoms with E-state index in [0.717, 1.165) is 10.8 Å². The molecule has 0 fully saturated rings. The summed E-state index contributed by atoms with van der Waals surface area (Å²) < 4.78 is 5.25. The van der Waals surface area contributed by atoms with Gasteiger partial charge in [-0.15, -0.1) is 0 Å². The van der Waals surface area contributed by atoms with Gasteiger partial charge in [-0.3, -0.25) is 0 Å². The van der Waals surface area contributed by atoms with Gasteiger partial charge in [0.15, 0.2) is 10.8 Å². The van der Waals surface area contributed by atoms with Crippen molar-refractivity contribution in [3.8, 4) is 0 Å². The third kappa shape index (κ3) is 0.355. The Kier molecular flexibility index (Phi) is 0.541. The lowest BCUT2D eigenvalue weighted by Crippen LogP contribution is -1.65. The zero-order valence-corrected chi connectivity index (χ0v) is 6.22. The fraction of sp³-hybridized carbons (Fsp3) is 0. The van der Waals surface area contributed by atoms with Crippen LogP contribution in [0.4, 0.5) is 0 Å². The van der Waals surface area contributed by atoms with E-state index in [4.69, 9.17) is 4.42 Å². The zero-order valence-electron chi connectivity index (χ0n) is 6.22. The number of aromatic nitrogens is 1. The van der Waals surface area contributed by atoms with E-state index in [1.54, 1.807) is 0 Å². The highest BCUT2D eigenvalue weighted by molar-refractivity contribution is 6.10. The summed E-state index contributed by atoms with van der Waals surface area (Å²) in [7, 11) is 0. The first-order valence-corrected chi connectivity index (χ1v) is 3.99. The van der Waals surface area contributed by atoms with Crippen LogP contribution in [0.1, 0.15) is 0 Å². The Balaban J connectivity index is 2.49. The molecular weight excluding hydrogens is 150 g/mol. The highest BCUT2D eigenvalue weighted by Crippen LogP contribution is 2.36. The van der Waals surface area contributed by atoms with Gasteiger partial charge in [0.2, 0.25) is 0 Å². The Morgan fingerprint density at radius 3 is 3.00 bits per heavy atom. The van der Waals surface area contributed by atoms with Crippen LogP contribution in [-0.2, 0) is 0 Å². The van der Waals surface area contributed by atoms with Gasteiger partial charge in [0.05, 0.1) is 10.9 Å². The van der Waals surface area contributed by atoms with Crippen molar-refractivity contribution in [3.05, 3.63) is 35.1 Å². The number of H-pyrrole nitrogens is 1. The molecule has 1 aliphatic heterocycles. The standard InChI is InChI=1S/C10H5NO/c1-2-4-6-5(3-1)7-8(11-6)10-9(7)12-10/h1-4,11H. The molecule has 0 unspecified atom stereocenters. The maximum Gasteiger partial charge on any atom is 0.195 e. The summed E-state index contributed by atoms with van der Waals surface area (Å²) in [5.74, 6) is 0. The molecule has 0 spiro atoms. The quantitative estimate of drug-likeness (QED) is 0.415. The number of fused-ring (bicyclic) bond motifs is 5. The van der Waals surface area contributed by atoms with Crippen molar-refractivity contribution < 1.29 is 4.42 Å². The van der Waals surface area contributed by atoms with Crippen LogP contribution < -0.4 is 0 Å². The monoisotopic (exact) mass is 155 g/mol. The first-order valence-electron chi connectivity index (χ1n) is 3.99. The van der Waals surface area contributed by atoms with Crippen LogP contribution in [0.15, 0.2) is 28.7 Å². The maximum atomic E-state index is 5.25. The molecule has 1 aromatic carbocycles. The normalized spacial score (nSPS) is 13.0. The SMILES string of the molecule is c1ccc2c(c1)[nH]c1c3oc=3c12. The highest BCUT2D eigenvalue weighted by Gasteiger charge is 2.21. The smallest absolute Gasteiger partial charge is 0.195 e. The van der Waals surface area contributed by atoms with Gasteiger partial charge in [-0.2, -0.15) is 0 Å². The predicted molar refractivity (Wildman–Crippen MR) is 45.7 cm³/mol. The van der Waals surface area contributed by atoms with Crippen molar-refractivity contribution in [1.82, 2.24) is 4.98 Å². The minimum absolute atomic E-state index is 1.07. The number of rotatable bonds is 0. The summed E-state index contributed by atoms with van der Waals surface area (Å²) >= 11 is 0. The summed E-state index contributed by atoms with van der Waals surface area (Å²) in [6.45, 7) is 0. The van der Waals surface area contributed by atoms with E-state index in [-0.39, 0.29) is 0 Å². The number of hydrogen-bond acceptors (Lipinski definition) is 1. The van der Waals surface area contributed by atoms with E-state index in [0.29, 0.717) is 0 Å². The van der Waals surface area contributed by atoms with Gasteiger partial charge in [0.1, 0.15) is 0 Å². The Bertz CT molecular complexity index is 702. The summed E-state index contributed by atoms with van der Waals surface area (Å²) in [5, 5.41) is 2.56. The minimum atomic E-state index is 1.07. The lowest BCUT2D eigenvalue weighted by Gasteiger charge is -1.84. The second-order valence-corrected chi connectivity index (χ2v) is 3.18. The van der Waals surface area contributed by atoms with Crippen LogP contribution in [0.5, 0.6) is 0 Å². The summed E-state index contributed by atoms with van der Waals surface area (Å²) in [4.78, 5) is 3.32. The van der Waals surface area contributed by atoms with E-state index in [1.165, 1.54) is 21.8 Å². The second kappa shape index (κ2) is 1.29. The van der Waals surface area contributed by atoms with Crippen molar-refractivity contribution in [2.75, 3.05) is 0 Å². The van der Waals surface area contributed by atoms with Crippen molar-refractivity contribution >= 4 is 21.8 Å². The first kappa shape index (κ1) is 5.04. The number of hydrogen-bond donors (Lipinski definition) is 1. The number of para-hydroxylation sites is 1. The zero-order chi connectivity index (χ0) is 7.71. The van der Waals surface area contributed by atoms with Crippen molar-refractivity contribution in [2.24, 2.45) is 0 Å². The molecule has 0 radical (unpaired) electrons. The van der Waals surface area contributed by atoms with Gasteiger partial charge < -0.3 is 9.40 Å². The molecule has 0 saturated carbocycles. The average molecular weight is 155 g/mol. The van der Waals surface area contributed by atoms with Gasteiger partial charge in [-0.05, 0) is 6.07 Å². The van der Waals surface area contributed by atoms with Crippen molar-refractivity contribution in [3.63, 3.8) is 0 Å². The first-order chi connectivity index (χ1) is 5.95. The fourth-order valence-electron chi connectivity index (χ4n) is 1.89. The van der Waals surface area contributed by atoms with Crippen LogP contribution in [0, 0.1) is 10.8 Å². The molecule has 2 heterocycles. The molecule has 4 rings (SSSR count). The molecule has 56 valence electrons. The Morgan fingerprint density at radius 1 is 1.08 bits per heavy atom.